The molecule has 0 aliphatic carbocycles. The van der Waals surface area contributed by atoms with Crippen molar-refractivity contribution in [1.82, 2.24) is 9.62 Å². The lowest BCUT2D eigenvalue weighted by molar-refractivity contribution is -0.115. The van der Waals surface area contributed by atoms with Gasteiger partial charge in [-0.05, 0) is 41.3 Å². The number of hydrogen-bond acceptors (Lipinski definition) is 5. The van der Waals surface area contributed by atoms with Crippen molar-refractivity contribution in [3.05, 3.63) is 82.6 Å². The van der Waals surface area contributed by atoms with Gasteiger partial charge < -0.3 is 10.6 Å². The van der Waals surface area contributed by atoms with Crippen molar-refractivity contribution in [1.29, 1.82) is 0 Å². The summed E-state index contributed by atoms with van der Waals surface area (Å²) in [6.45, 7) is 0.0716. The molecule has 1 aromatic heterocycles. The molecule has 0 saturated heterocycles. The van der Waals surface area contributed by atoms with Crippen molar-refractivity contribution >= 4 is 38.9 Å². The van der Waals surface area contributed by atoms with Crippen LogP contribution in [0.15, 0.2) is 77.0 Å². The van der Waals surface area contributed by atoms with E-state index in [4.69, 9.17) is 0 Å². The zero-order chi connectivity index (χ0) is 21.6. The average molecular weight is 444 g/mol. The van der Waals surface area contributed by atoms with E-state index in [2.05, 4.69) is 10.6 Å². The van der Waals surface area contributed by atoms with Crippen molar-refractivity contribution in [2.45, 2.75) is 11.4 Å². The molecule has 3 aromatic rings. The summed E-state index contributed by atoms with van der Waals surface area (Å²) in [5.41, 5.74) is 1.33. The van der Waals surface area contributed by atoms with Gasteiger partial charge in [-0.15, -0.1) is 11.3 Å². The Kier molecular flexibility index (Phi) is 6.99. The number of anilines is 1. The summed E-state index contributed by atoms with van der Waals surface area (Å²) >= 11 is 1.29. The number of carbonyl (C=O) groups excluding carboxylic acids is 2. The minimum atomic E-state index is -3.66. The maximum atomic E-state index is 12.8. The van der Waals surface area contributed by atoms with E-state index < -0.39 is 15.9 Å². The summed E-state index contributed by atoms with van der Waals surface area (Å²) in [7, 11) is -2.14. The Morgan fingerprint density at radius 1 is 0.967 bits per heavy atom. The van der Waals surface area contributed by atoms with Crippen LogP contribution >= 0.6 is 11.3 Å². The first-order chi connectivity index (χ1) is 14.4. The van der Waals surface area contributed by atoms with Crippen LogP contribution < -0.4 is 10.6 Å². The van der Waals surface area contributed by atoms with E-state index in [1.165, 1.54) is 47.0 Å². The number of sulfonamides is 1. The van der Waals surface area contributed by atoms with Gasteiger partial charge in [0, 0.05) is 19.3 Å². The second-order valence-corrected chi connectivity index (χ2v) is 9.47. The smallest absolute Gasteiger partial charge is 0.261 e. The molecule has 7 nitrogen and oxygen atoms in total. The lowest BCUT2D eigenvalue weighted by Gasteiger charge is -2.17. The first-order valence-electron chi connectivity index (χ1n) is 9.08. The lowest BCUT2D eigenvalue weighted by Crippen LogP contribution is -2.32. The van der Waals surface area contributed by atoms with E-state index in [0.29, 0.717) is 10.6 Å². The first-order valence-corrected chi connectivity index (χ1v) is 11.4. The normalized spacial score (nSPS) is 11.3. The minimum Gasteiger partial charge on any atom is -0.342 e. The van der Waals surface area contributed by atoms with E-state index in [0.717, 1.165) is 5.56 Å². The number of carbonyl (C=O) groups is 2. The fourth-order valence-corrected chi connectivity index (χ4v) is 4.48. The van der Waals surface area contributed by atoms with Crippen LogP contribution in [0.2, 0.25) is 0 Å². The number of hydrogen-bond donors (Lipinski definition) is 2. The van der Waals surface area contributed by atoms with Crippen molar-refractivity contribution in [2.24, 2.45) is 0 Å². The third kappa shape index (κ3) is 5.53. The van der Waals surface area contributed by atoms with Crippen molar-refractivity contribution < 1.29 is 18.0 Å². The molecule has 3 rings (SSSR count). The summed E-state index contributed by atoms with van der Waals surface area (Å²) in [6, 6.07) is 18.7. The Labute approximate surface area is 179 Å². The summed E-state index contributed by atoms with van der Waals surface area (Å²) in [6.07, 6.45) is 0. The summed E-state index contributed by atoms with van der Waals surface area (Å²) < 4.78 is 26.8. The molecule has 0 aliphatic heterocycles. The number of nitrogens with one attached hydrogen (secondary N) is 2. The molecule has 0 unspecified atom stereocenters. The van der Waals surface area contributed by atoms with Gasteiger partial charge in [0.25, 0.3) is 5.91 Å². The van der Waals surface area contributed by atoms with Crippen LogP contribution in [0.4, 0.5) is 5.69 Å². The molecule has 0 saturated carbocycles. The monoisotopic (exact) mass is 443 g/mol. The van der Waals surface area contributed by atoms with Crippen LogP contribution in [0, 0.1) is 0 Å². The van der Waals surface area contributed by atoms with Gasteiger partial charge in [-0.3, -0.25) is 9.59 Å². The molecule has 2 amide bonds. The SMILES string of the molecule is CN(Cc1ccccc1)S(=O)(=O)c1ccc(NC(=O)CNC(=O)c2cccs2)cc1. The summed E-state index contributed by atoms with van der Waals surface area (Å²) in [5, 5.41) is 6.95. The van der Waals surface area contributed by atoms with Crippen molar-refractivity contribution in [3.8, 4) is 0 Å². The molecule has 0 radical (unpaired) electrons. The number of amides is 2. The van der Waals surface area contributed by atoms with Gasteiger partial charge in [0.05, 0.1) is 16.3 Å². The van der Waals surface area contributed by atoms with E-state index in [9.17, 15) is 18.0 Å². The maximum absolute atomic E-state index is 12.8. The number of nitrogens with zero attached hydrogens (tertiary/aromatic N) is 1. The molecule has 0 atom stereocenters. The van der Waals surface area contributed by atoms with Gasteiger partial charge in [0.15, 0.2) is 0 Å². The van der Waals surface area contributed by atoms with Crippen molar-refractivity contribution in [3.63, 3.8) is 0 Å². The van der Waals surface area contributed by atoms with Crippen LogP contribution in [0.3, 0.4) is 0 Å². The molecule has 0 aliphatic rings. The van der Waals surface area contributed by atoms with Gasteiger partial charge in [-0.25, -0.2) is 8.42 Å². The molecular weight excluding hydrogens is 422 g/mol. The van der Waals surface area contributed by atoms with E-state index in [-0.39, 0.29) is 23.9 Å². The Morgan fingerprint density at radius 3 is 2.30 bits per heavy atom. The summed E-state index contributed by atoms with van der Waals surface area (Å²) in [5.74, 6) is -0.722. The summed E-state index contributed by atoms with van der Waals surface area (Å²) in [4.78, 5) is 24.5. The second kappa shape index (κ2) is 9.66. The van der Waals surface area contributed by atoms with Crippen LogP contribution in [0.25, 0.3) is 0 Å². The molecule has 9 heteroatoms. The van der Waals surface area contributed by atoms with E-state index >= 15 is 0 Å². The van der Waals surface area contributed by atoms with Crippen LogP contribution in [-0.4, -0.2) is 38.1 Å². The number of benzene rings is 2. The quantitative estimate of drug-likeness (QED) is 0.560. The van der Waals surface area contributed by atoms with Crippen LogP contribution in [-0.2, 0) is 21.4 Å². The molecule has 0 fully saturated rings. The standard InChI is InChI=1S/C21H21N3O4S2/c1-24(15-16-6-3-2-4-7-16)30(27,28)18-11-9-17(10-12-18)23-20(25)14-22-21(26)19-8-5-13-29-19/h2-13H,14-15H2,1H3,(H,22,26)(H,23,25). The third-order valence-corrected chi connectivity index (χ3v) is 6.94. The Balaban J connectivity index is 1.57. The van der Waals surface area contributed by atoms with Gasteiger partial charge in [-0.2, -0.15) is 4.31 Å². The predicted molar refractivity (Wildman–Crippen MR) is 117 cm³/mol. The molecule has 156 valence electrons. The van der Waals surface area contributed by atoms with Crippen molar-refractivity contribution in [2.75, 3.05) is 18.9 Å². The average Bonchev–Trinajstić information content (AvgIpc) is 3.28. The third-order valence-electron chi connectivity index (χ3n) is 4.25. The van der Waals surface area contributed by atoms with E-state index in [1.807, 2.05) is 30.3 Å². The maximum Gasteiger partial charge on any atom is 0.261 e. The minimum absolute atomic E-state index is 0.130. The molecule has 1 heterocycles. The van der Waals surface area contributed by atoms with Gasteiger partial charge >= 0.3 is 0 Å². The van der Waals surface area contributed by atoms with E-state index in [1.54, 1.807) is 17.5 Å². The number of rotatable bonds is 8. The molecule has 30 heavy (non-hydrogen) atoms. The largest absolute Gasteiger partial charge is 0.342 e. The van der Waals surface area contributed by atoms with Gasteiger partial charge in [0.1, 0.15) is 0 Å². The molecule has 2 aromatic carbocycles. The van der Waals surface area contributed by atoms with Gasteiger partial charge in [-0.1, -0.05) is 36.4 Å². The fourth-order valence-electron chi connectivity index (χ4n) is 2.68. The molecular formula is C21H21N3O4S2. The lowest BCUT2D eigenvalue weighted by atomic mass is 10.2. The highest BCUT2D eigenvalue weighted by atomic mass is 32.2. The molecule has 0 spiro atoms. The highest BCUT2D eigenvalue weighted by Gasteiger charge is 2.21. The predicted octanol–water partition coefficient (Wildman–Crippen LogP) is 2.94. The number of thiophene rings is 1. The zero-order valence-corrected chi connectivity index (χ0v) is 17.9. The highest BCUT2D eigenvalue weighted by Crippen LogP contribution is 2.19. The topological polar surface area (TPSA) is 95.6 Å². The zero-order valence-electron chi connectivity index (χ0n) is 16.2. The molecule has 2 N–H and O–H groups in total. The Morgan fingerprint density at radius 2 is 1.67 bits per heavy atom. The van der Waals surface area contributed by atoms with Crippen LogP contribution in [0.1, 0.15) is 15.2 Å². The van der Waals surface area contributed by atoms with Crippen LogP contribution in [0.5, 0.6) is 0 Å². The van der Waals surface area contributed by atoms with Gasteiger partial charge in [0.2, 0.25) is 15.9 Å². The Bertz CT molecular complexity index is 1100. The highest BCUT2D eigenvalue weighted by molar-refractivity contribution is 7.89. The first kappa shape index (κ1) is 21.7. The molecule has 0 bridgehead atoms. The second-order valence-electron chi connectivity index (χ2n) is 6.48. The fraction of sp³-hybridized carbons (Fsp3) is 0.143. The Hall–Kier alpha value is -3.01.